The van der Waals surface area contributed by atoms with E-state index in [0.717, 1.165) is 32.5 Å². The molecule has 2 atom stereocenters. The van der Waals surface area contributed by atoms with Crippen molar-refractivity contribution in [2.75, 3.05) is 40.5 Å². The van der Waals surface area contributed by atoms with Crippen LogP contribution in [0.15, 0.2) is 0 Å². The Morgan fingerprint density at radius 3 is 2.38 bits per heavy atom. The highest BCUT2D eigenvalue weighted by Gasteiger charge is 2.27. The van der Waals surface area contributed by atoms with Crippen molar-refractivity contribution >= 4 is 0 Å². The van der Waals surface area contributed by atoms with E-state index in [1.165, 1.54) is 0 Å². The number of likely N-dealkylation sites (tertiary alicyclic amines) is 1. The first-order chi connectivity index (χ1) is 7.72. The third kappa shape index (κ3) is 3.70. The number of nitrogens with two attached hydrogens (primary N) is 1. The molecule has 1 rings (SSSR count). The fourth-order valence-electron chi connectivity index (χ4n) is 2.56. The van der Waals surface area contributed by atoms with Gasteiger partial charge in [-0.25, -0.2) is 0 Å². The van der Waals surface area contributed by atoms with E-state index in [4.69, 9.17) is 15.2 Å². The molecule has 1 fully saturated rings. The number of ether oxygens (including phenoxy) is 2. The molecule has 4 heteroatoms. The Hall–Kier alpha value is -0.160. The summed E-state index contributed by atoms with van der Waals surface area (Å²) in [5.74, 6) is 0.495. The van der Waals surface area contributed by atoms with E-state index in [9.17, 15) is 0 Å². The van der Waals surface area contributed by atoms with Gasteiger partial charge >= 0.3 is 0 Å². The van der Waals surface area contributed by atoms with Gasteiger partial charge < -0.3 is 15.2 Å². The van der Waals surface area contributed by atoms with Gasteiger partial charge in [-0.2, -0.15) is 0 Å². The van der Waals surface area contributed by atoms with Gasteiger partial charge in [0, 0.05) is 39.9 Å². The molecule has 0 aliphatic carbocycles. The van der Waals surface area contributed by atoms with Crippen molar-refractivity contribution in [1.82, 2.24) is 4.90 Å². The van der Waals surface area contributed by atoms with Crippen molar-refractivity contribution < 1.29 is 9.47 Å². The molecule has 0 aromatic heterocycles. The van der Waals surface area contributed by atoms with Gasteiger partial charge in [-0.3, -0.25) is 4.90 Å². The van der Waals surface area contributed by atoms with Gasteiger partial charge in [0.05, 0.1) is 12.7 Å². The molecule has 16 heavy (non-hydrogen) atoms. The molecular weight excluding hydrogens is 204 g/mol. The van der Waals surface area contributed by atoms with Crippen molar-refractivity contribution in [2.45, 2.75) is 31.9 Å². The highest BCUT2D eigenvalue weighted by atomic mass is 16.5. The number of hydrogen-bond donors (Lipinski definition) is 1. The average Bonchev–Trinajstić information content (AvgIpc) is 2.31. The maximum atomic E-state index is 5.87. The topological polar surface area (TPSA) is 47.7 Å². The van der Waals surface area contributed by atoms with Crippen molar-refractivity contribution in [3.63, 3.8) is 0 Å². The lowest BCUT2D eigenvalue weighted by molar-refractivity contribution is 0.0103. The molecule has 96 valence electrons. The molecule has 2 N–H and O–H groups in total. The van der Waals surface area contributed by atoms with Crippen LogP contribution in [0, 0.1) is 5.92 Å². The van der Waals surface area contributed by atoms with Crippen molar-refractivity contribution in [3.8, 4) is 0 Å². The van der Waals surface area contributed by atoms with Gasteiger partial charge in [-0.1, -0.05) is 6.92 Å². The summed E-state index contributed by atoms with van der Waals surface area (Å²) < 4.78 is 10.6. The molecule has 0 bridgehead atoms. The molecule has 0 spiro atoms. The molecule has 0 radical (unpaired) electrons. The third-order valence-corrected chi connectivity index (χ3v) is 3.61. The van der Waals surface area contributed by atoms with E-state index < -0.39 is 0 Å². The summed E-state index contributed by atoms with van der Waals surface area (Å²) in [5.41, 5.74) is 5.87. The van der Waals surface area contributed by atoms with Crippen LogP contribution in [0.5, 0.6) is 0 Å². The van der Waals surface area contributed by atoms with Crippen LogP contribution < -0.4 is 5.73 Å². The van der Waals surface area contributed by atoms with Crippen LogP contribution in [0.3, 0.4) is 0 Å². The Kier molecular flexibility index (Phi) is 6.28. The molecule has 2 unspecified atom stereocenters. The van der Waals surface area contributed by atoms with Gasteiger partial charge in [0.15, 0.2) is 0 Å². The number of hydrogen-bond acceptors (Lipinski definition) is 4. The fraction of sp³-hybridized carbons (Fsp3) is 1.00. The van der Waals surface area contributed by atoms with Crippen molar-refractivity contribution in [2.24, 2.45) is 11.7 Å². The lowest BCUT2D eigenvalue weighted by Crippen LogP contribution is -2.50. The zero-order chi connectivity index (χ0) is 12.0. The Balaban J connectivity index is 2.42. The van der Waals surface area contributed by atoms with Gasteiger partial charge in [-0.15, -0.1) is 0 Å². The first-order valence-corrected chi connectivity index (χ1v) is 6.18. The molecule has 1 aliphatic rings. The van der Waals surface area contributed by atoms with Gasteiger partial charge in [-0.05, 0) is 18.8 Å². The monoisotopic (exact) mass is 230 g/mol. The maximum Gasteiger partial charge on any atom is 0.0595 e. The first kappa shape index (κ1) is 13.9. The van der Waals surface area contributed by atoms with Crippen LogP contribution in [0.2, 0.25) is 0 Å². The predicted octanol–water partition coefficient (Wildman–Crippen LogP) is 0.707. The zero-order valence-electron chi connectivity index (χ0n) is 10.8. The molecule has 4 nitrogen and oxygen atoms in total. The standard InChI is InChI=1S/C12H26N2O2/c1-10(9-15-2)12(8-13)14-6-4-11(16-3)5-7-14/h10-12H,4-9,13H2,1-3H3. The number of rotatable bonds is 6. The van der Waals surface area contributed by atoms with Crippen LogP contribution in [0.1, 0.15) is 19.8 Å². The van der Waals surface area contributed by atoms with E-state index in [1.807, 2.05) is 0 Å². The Labute approximate surface area is 99.1 Å². The van der Waals surface area contributed by atoms with Crippen LogP contribution in [-0.2, 0) is 9.47 Å². The predicted molar refractivity (Wildman–Crippen MR) is 65.5 cm³/mol. The fourth-order valence-corrected chi connectivity index (χ4v) is 2.56. The maximum absolute atomic E-state index is 5.87. The van der Waals surface area contributed by atoms with E-state index >= 15 is 0 Å². The first-order valence-electron chi connectivity index (χ1n) is 6.18. The summed E-state index contributed by atoms with van der Waals surface area (Å²) in [5, 5.41) is 0. The minimum absolute atomic E-state index is 0.437. The number of methoxy groups -OCH3 is 2. The number of piperidine rings is 1. The minimum atomic E-state index is 0.437. The highest BCUT2D eigenvalue weighted by Crippen LogP contribution is 2.19. The second-order valence-corrected chi connectivity index (χ2v) is 4.71. The van der Waals surface area contributed by atoms with Crippen LogP contribution in [-0.4, -0.2) is 57.5 Å². The van der Waals surface area contributed by atoms with E-state index in [0.29, 0.717) is 24.6 Å². The molecule has 0 aromatic carbocycles. The molecule has 0 aromatic rings. The Morgan fingerprint density at radius 1 is 1.31 bits per heavy atom. The van der Waals surface area contributed by atoms with E-state index in [-0.39, 0.29) is 0 Å². The summed E-state index contributed by atoms with van der Waals surface area (Å²) in [4.78, 5) is 2.49. The summed E-state index contributed by atoms with van der Waals surface area (Å²) in [6.07, 6.45) is 2.67. The molecule has 0 saturated carbocycles. The molecule has 1 saturated heterocycles. The molecule has 0 amide bonds. The second-order valence-electron chi connectivity index (χ2n) is 4.71. The number of nitrogens with zero attached hydrogens (tertiary/aromatic N) is 1. The third-order valence-electron chi connectivity index (χ3n) is 3.61. The molecule has 1 heterocycles. The van der Waals surface area contributed by atoms with Gasteiger partial charge in [0.25, 0.3) is 0 Å². The lowest BCUT2D eigenvalue weighted by atomic mass is 9.97. The van der Waals surface area contributed by atoms with Gasteiger partial charge in [0.2, 0.25) is 0 Å². The van der Waals surface area contributed by atoms with Crippen molar-refractivity contribution in [3.05, 3.63) is 0 Å². The van der Waals surface area contributed by atoms with E-state index in [2.05, 4.69) is 11.8 Å². The zero-order valence-corrected chi connectivity index (χ0v) is 10.8. The second kappa shape index (κ2) is 7.22. The van der Waals surface area contributed by atoms with Crippen LogP contribution in [0.25, 0.3) is 0 Å². The SMILES string of the molecule is COCC(C)C(CN)N1CCC(OC)CC1. The smallest absolute Gasteiger partial charge is 0.0595 e. The minimum Gasteiger partial charge on any atom is -0.384 e. The lowest BCUT2D eigenvalue weighted by Gasteiger charge is -2.39. The van der Waals surface area contributed by atoms with Crippen molar-refractivity contribution in [1.29, 1.82) is 0 Å². The Morgan fingerprint density at radius 2 is 1.94 bits per heavy atom. The Bertz CT molecular complexity index is 182. The summed E-state index contributed by atoms with van der Waals surface area (Å²) in [6, 6.07) is 0.442. The highest BCUT2D eigenvalue weighted by molar-refractivity contribution is 4.82. The van der Waals surface area contributed by atoms with E-state index in [1.54, 1.807) is 14.2 Å². The summed E-state index contributed by atoms with van der Waals surface area (Å²) >= 11 is 0. The molecule has 1 aliphatic heterocycles. The largest absolute Gasteiger partial charge is 0.384 e. The molecular formula is C12H26N2O2. The average molecular weight is 230 g/mol. The van der Waals surface area contributed by atoms with Crippen LogP contribution >= 0.6 is 0 Å². The van der Waals surface area contributed by atoms with Crippen LogP contribution in [0.4, 0.5) is 0 Å². The summed E-state index contributed by atoms with van der Waals surface area (Å²) in [6.45, 7) is 5.89. The normalized spacial score (nSPS) is 23.2. The summed E-state index contributed by atoms with van der Waals surface area (Å²) in [7, 11) is 3.55. The van der Waals surface area contributed by atoms with Gasteiger partial charge in [0.1, 0.15) is 0 Å². The quantitative estimate of drug-likeness (QED) is 0.730.